The van der Waals surface area contributed by atoms with Crippen LogP contribution in [0.4, 0.5) is 0 Å². The van der Waals surface area contributed by atoms with Crippen LogP contribution in [0.1, 0.15) is 11.4 Å². The SMILES string of the molecule is Cn1cnc(CNCc2ccc(O)c(Br)c2)n1. The van der Waals surface area contributed by atoms with E-state index in [1.807, 2.05) is 19.2 Å². The maximum Gasteiger partial charge on any atom is 0.164 e. The first-order chi connectivity index (χ1) is 8.15. The first-order valence-corrected chi connectivity index (χ1v) is 5.97. The van der Waals surface area contributed by atoms with E-state index in [9.17, 15) is 5.11 Å². The lowest BCUT2D eigenvalue weighted by Gasteiger charge is -2.04. The molecule has 2 aromatic rings. The van der Waals surface area contributed by atoms with Gasteiger partial charge in [-0.3, -0.25) is 4.68 Å². The van der Waals surface area contributed by atoms with E-state index in [0.29, 0.717) is 17.6 Å². The van der Waals surface area contributed by atoms with Crippen molar-refractivity contribution in [3.63, 3.8) is 0 Å². The van der Waals surface area contributed by atoms with Crippen LogP contribution >= 0.6 is 15.9 Å². The highest BCUT2D eigenvalue weighted by atomic mass is 79.9. The zero-order chi connectivity index (χ0) is 12.3. The van der Waals surface area contributed by atoms with Gasteiger partial charge in [-0.1, -0.05) is 6.07 Å². The van der Waals surface area contributed by atoms with Gasteiger partial charge in [-0.15, -0.1) is 0 Å². The number of halogens is 1. The maximum atomic E-state index is 9.36. The summed E-state index contributed by atoms with van der Waals surface area (Å²) in [6.45, 7) is 1.33. The van der Waals surface area contributed by atoms with Gasteiger partial charge in [0.2, 0.25) is 0 Å². The van der Waals surface area contributed by atoms with E-state index in [1.54, 1.807) is 17.1 Å². The number of phenolic OH excluding ortho intramolecular Hbond substituents is 1. The quantitative estimate of drug-likeness (QED) is 0.899. The number of aromatic hydroxyl groups is 1. The van der Waals surface area contributed by atoms with Crippen LogP contribution in [-0.2, 0) is 20.1 Å². The molecule has 0 atom stereocenters. The summed E-state index contributed by atoms with van der Waals surface area (Å²) >= 11 is 3.28. The van der Waals surface area contributed by atoms with Crippen molar-refractivity contribution in [2.24, 2.45) is 7.05 Å². The van der Waals surface area contributed by atoms with E-state index in [1.165, 1.54) is 0 Å². The predicted octanol–water partition coefficient (Wildman–Crippen LogP) is 1.57. The fourth-order valence-corrected chi connectivity index (χ4v) is 1.87. The molecule has 5 nitrogen and oxygen atoms in total. The Kier molecular flexibility index (Phi) is 3.75. The first-order valence-electron chi connectivity index (χ1n) is 5.18. The largest absolute Gasteiger partial charge is 0.507 e. The monoisotopic (exact) mass is 296 g/mol. The highest BCUT2D eigenvalue weighted by molar-refractivity contribution is 9.10. The van der Waals surface area contributed by atoms with E-state index >= 15 is 0 Å². The topological polar surface area (TPSA) is 63.0 Å². The molecule has 0 saturated heterocycles. The van der Waals surface area contributed by atoms with Gasteiger partial charge in [0, 0.05) is 13.6 Å². The van der Waals surface area contributed by atoms with Crippen molar-refractivity contribution in [1.82, 2.24) is 20.1 Å². The lowest BCUT2D eigenvalue weighted by atomic mass is 10.2. The van der Waals surface area contributed by atoms with Crippen molar-refractivity contribution in [2.45, 2.75) is 13.1 Å². The highest BCUT2D eigenvalue weighted by Gasteiger charge is 2.01. The van der Waals surface area contributed by atoms with Crippen LogP contribution in [0.25, 0.3) is 0 Å². The van der Waals surface area contributed by atoms with Gasteiger partial charge in [0.15, 0.2) is 5.82 Å². The summed E-state index contributed by atoms with van der Waals surface area (Å²) in [5, 5.41) is 16.8. The Morgan fingerprint density at radius 3 is 2.88 bits per heavy atom. The van der Waals surface area contributed by atoms with Crippen molar-refractivity contribution >= 4 is 15.9 Å². The lowest BCUT2D eigenvalue weighted by Crippen LogP contribution is -2.14. The first kappa shape index (κ1) is 12.1. The van der Waals surface area contributed by atoms with Crippen molar-refractivity contribution in [3.8, 4) is 5.75 Å². The van der Waals surface area contributed by atoms with Gasteiger partial charge < -0.3 is 10.4 Å². The third-order valence-electron chi connectivity index (χ3n) is 2.27. The van der Waals surface area contributed by atoms with Crippen LogP contribution in [0.3, 0.4) is 0 Å². The molecule has 0 radical (unpaired) electrons. The molecule has 0 spiro atoms. The van der Waals surface area contributed by atoms with Crippen molar-refractivity contribution in [3.05, 3.63) is 40.4 Å². The molecule has 0 amide bonds. The fraction of sp³-hybridized carbons (Fsp3) is 0.273. The van der Waals surface area contributed by atoms with Gasteiger partial charge in [-0.05, 0) is 33.6 Å². The summed E-state index contributed by atoms with van der Waals surface area (Å²) in [7, 11) is 1.84. The van der Waals surface area contributed by atoms with E-state index < -0.39 is 0 Å². The van der Waals surface area contributed by atoms with Gasteiger partial charge >= 0.3 is 0 Å². The molecule has 0 unspecified atom stereocenters. The van der Waals surface area contributed by atoms with Gasteiger partial charge in [0.05, 0.1) is 11.0 Å². The molecule has 1 aromatic heterocycles. The molecule has 0 aliphatic heterocycles. The van der Waals surface area contributed by atoms with Crippen LogP contribution < -0.4 is 5.32 Å². The minimum atomic E-state index is 0.250. The number of rotatable bonds is 4. The molecule has 0 aliphatic carbocycles. The number of nitrogens with one attached hydrogen (secondary N) is 1. The summed E-state index contributed by atoms with van der Waals surface area (Å²) in [6.07, 6.45) is 1.67. The molecule has 1 aromatic carbocycles. The summed E-state index contributed by atoms with van der Waals surface area (Å²) < 4.78 is 2.38. The Balaban J connectivity index is 1.87. The van der Waals surface area contributed by atoms with Crippen LogP contribution in [0.5, 0.6) is 5.75 Å². The Morgan fingerprint density at radius 2 is 2.24 bits per heavy atom. The van der Waals surface area contributed by atoms with Gasteiger partial charge in [-0.25, -0.2) is 4.98 Å². The normalized spacial score (nSPS) is 10.7. The number of nitrogens with zero attached hydrogens (tertiary/aromatic N) is 3. The Labute approximate surface area is 108 Å². The average Bonchev–Trinajstić information content (AvgIpc) is 2.70. The maximum absolute atomic E-state index is 9.36. The molecule has 90 valence electrons. The van der Waals surface area contributed by atoms with E-state index in [2.05, 4.69) is 31.3 Å². The highest BCUT2D eigenvalue weighted by Crippen LogP contribution is 2.24. The van der Waals surface area contributed by atoms with Gasteiger partial charge in [-0.2, -0.15) is 5.10 Å². The lowest BCUT2D eigenvalue weighted by molar-refractivity contribution is 0.471. The van der Waals surface area contributed by atoms with Crippen molar-refractivity contribution < 1.29 is 5.11 Å². The Morgan fingerprint density at radius 1 is 1.41 bits per heavy atom. The van der Waals surface area contributed by atoms with Crippen LogP contribution in [0, 0.1) is 0 Å². The zero-order valence-corrected chi connectivity index (χ0v) is 11.0. The zero-order valence-electron chi connectivity index (χ0n) is 9.39. The summed E-state index contributed by atoms with van der Waals surface area (Å²) in [5.41, 5.74) is 1.09. The molecule has 2 N–H and O–H groups in total. The number of aromatic nitrogens is 3. The molecule has 17 heavy (non-hydrogen) atoms. The predicted molar refractivity (Wildman–Crippen MR) is 67.4 cm³/mol. The molecule has 6 heteroatoms. The van der Waals surface area contributed by atoms with Crippen LogP contribution in [0.2, 0.25) is 0 Å². The molecule has 2 rings (SSSR count). The Bertz CT molecular complexity index is 512. The summed E-state index contributed by atoms with van der Waals surface area (Å²) in [5.74, 6) is 1.02. The smallest absolute Gasteiger partial charge is 0.164 e. The second-order valence-corrected chi connectivity index (χ2v) is 4.58. The third-order valence-corrected chi connectivity index (χ3v) is 2.91. The molecular weight excluding hydrogens is 284 g/mol. The summed E-state index contributed by atoms with van der Waals surface area (Å²) in [4.78, 5) is 4.12. The molecule has 0 saturated carbocycles. The van der Waals surface area contributed by atoms with E-state index in [0.717, 1.165) is 11.4 Å². The second-order valence-electron chi connectivity index (χ2n) is 3.72. The number of hydrogen-bond donors (Lipinski definition) is 2. The minimum Gasteiger partial charge on any atom is -0.507 e. The molecule has 1 heterocycles. The van der Waals surface area contributed by atoms with Crippen LogP contribution in [-0.4, -0.2) is 19.9 Å². The molecule has 0 fully saturated rings. The van der Waals surface area contributed by atoms with Crippen LogP contribution in [0.15, 0.2) is 29.0 Å². The van der Waals surface area contributed by atoms with E-state index in [4.69, 9.17) is 0 Å². The molecule has 0 bridgehead atoms. The summed E-state index contributed by atoms with van der Waals surface area (Å²) in [6, 6.07) is 5.42. The third kappa shape index (κ3) is 3.28. The number of aryl methyl sites for hydroxylation is 1. The number of hydrogen-bond acceptors (Lipinski definition) is 4. The number of benzene rings is 1. The minimum absolute atomic E-state index is 0.250. The van der Waals surface area contributed by atoms with Crippen molar-refractivity contribution in [1.29, 1.82) is 0 Å². The Hall–Kier alpha value is -1.40. The molecular formula is C11H13BrN4O. The van der Waals surface area contributed by atoms with Gasteiger partial charge in [0.25, 0.3) is 0 Å². The molecule has 0 aliphatic rings. The van der Waals surface area contributed by atoms with Gasteiger partial charge in [0.1, 0.15) is 12.1 Å². The second kappa shape index (κ2) is 5.29. The van der Waals surface area contributed by atoms with Crippen molar-refractivity contribution in [2.75, 3.05) is 0 Å². The number of phenols is 1. The fourth-order valence-electron chi connectivity index (χ4n) is 1.44. The standard InChI is InChI=1S/C11H13BrN4O/c1-16-7-14-11(15-16)6-13-5-8-2-3-10(17)9(12)4-8/h2-4,7,13,17H,5-6H2,1H3. The average molecular weight is 297 g/mol. The van der Waals surface area contributed by atoms with E-state index in [-0.39, 0.29) is 5.75 Å².